The Balaban J connectivity index is 2.04. The summed E-state index contributed by atoms with van der Waals surface area (Å²) in [5.41, 5.74) is 0.303. The molecule has 1 saturated carbocycles. The maximum atomic E-state index is 13.5. The fourth-order valence-corrected chi connectivity index (χ4v) is 3.21. The van der Waals surface area contributed by atoms with Crippen LogP contribution in [0.1, 0.15) is 38.7 Å². The van der Waals surface area contributed by atoms with Crippen molar-refractivity contribution in [1.82, 2.24) is 0 Å². The van der Waals surface area contributed by atoms with Crippen LogP contribution in [0.4, 0.5) is 8.78 Å². The average molecular weight is 266 g/mol. The van der Waals surface area contributed by atoms with Gasteiger partial charge in [0.05, 0.1) is 0 Å². The molecule has 0 N–H and O–H groups in total. The summed E-state index contributed by atoms with van der Waals surface area (Å²) >= 11 is 0. The van der Waals surface area contributed by atoms with Crippen molar-refractivity contribution in [1.29, 1.82) is 0 Å². The summed E-state index contributed by atoms with van der Waals surface area (Å²) in [7, 11) is 0. The van der Waals surface area contributed by atoms with Crippen LogP contribution >= 0.6 is 0 Å². The minimum Gasteiger partial charge on any atom is -0.299 e. The molecule has 0 bridgehead atoms. The van der Waals surface area contributed by atoms with Crippen molar-refractivity contribution in [3.63, 3.8) is 0 Å². The van der Waals surface area contributed by atoms with Crippen LogP contribution < -0.4 is 0 Å². The number of hydrogen-bond acceptors (Lipinski definition) is 1. The van der Waals surface area contributed by atoms with Crippen LogP contribution in [0.3, 0.4) is 0 Å². The van der Waals surface area contributed by atoms with Gasteiger partial charge in [0.2, 0.25) is 0 Å². The van der Waals surface area contributed by atoms with Gasteiger partial charge >= 0.3 is 0 Å². The minimum absolute atomic E-state index is 0.0307. The van der Waals surface area contributed by atoms with E-state index in [0.717, 1.165) is 25.3 Å². The van der Waals surface area contributed by atoms with Crippen LogP contribution in [-0.4, -0.2) is 5.78 Å². The molecule has 0 radical (unpaired) electrons. The third kappa shape index (κ3) is 3.62. The summed E-state index contributed by atoms with van der Waals surface area (Å²) in [5.74, 6) is -0.00231. The monoisotopic (exact) mass is 266 g/mol. The van der Waals surface area contributed by atoms with E-state index in [-0.39, 0.29) is 18.1 Å². The van der Waals surface area contributed by atoms with Gasteiger partial charge in [-0.15, -0.1) is 0 Å². The van der Waals surface area contributed by atoms with Gasteiger partial charge in [-0.3, -0.25) is 4.79 Å². The second-order valence-corrected chi connectivity index (χ2v) is 5.99. The first-order chi connectivity index (χ1) is 8.95. The molecular formula is C16H20F2O. The van der Waals surface area contributed by atoms with E-state index >= 15 is 0 Å². The number of rotatable bonds is 3. The average Bonchev–Trinajstić information content (AvgIpc) is 2.31. The van der Waals surface area contributed by atoms with Crippen molar-refractivity contribution in [2.75, 3.05) is 0 Å². The fraction of sp³-hybridized carbons (Fsp3) is 0.562. The lowest BCUT2D eigenvalue weighted by molar-refractivity contribution is -0.124. The number of halogens is 2. The molecule has 3 heteroatoms. The SMILES string of the molecule is CC1CC(C)CC(C(=O)Cc2ccc(F)cc2F)C1. The smallest absolute Gasteiger partial charge is 0.140 e. The Labute approximate surface area is 113 Å². The Hall–Kier alpha value is -1.25. The van der Waals surface area contributed by atoms with Crippen LogP contribution in [0.15, 0.2) is 18.2 Å². The highest BCUT2D eigenvalue weighted by molar-refractivity contribution is 5.83. The minimum atomic E-state index is -0.620. The number of ketones is 1. The topological polar surface area (TPSA) is 17.1 Å². The number of hydrogen-bond donors (Lipinski definition) is 0. The predicted octanol–water partition coefficient (Wildman–Crippen LogP) is 4.15. The number of benzene rings is 1. The summed E-state index contributed by atoms with van der Waals surface area (Å²) < 4.78 is 26.4. The molecule has 0 amide bonds. The van der Waals surface area contributed by atoms with Crippen LogP contribution in [0.25, 0.3) is 0 Å². The highest BCUT2D eigenvalue weighted by Gasteiger charge is 2.29. The fourth-order valence-electron chi connectivity index (χ4n) is 3.21. The third-order valence-electron chi connectivity index (χ3n) is 4.01. The van der Waals surface area contributed by atoms with Crippen LogP contribution in [0.2, 0.25) is 0 Å². The largest absolute Gasteiger partial charge is 0.299 e. The molecule has 2 atom stereocenters. The van der Waals surface area contributed by atoms with Gasteiger partial charge in [0.1, 0.15) is 17.4 Å². The lowest BCUT2D eigenvalue weighted by Gasteiger charge is -2.30. The first-order valence-corrected chi connectivity index (χ1v) is 6.92. The molecule has 1 fully saturated rings. The van der Waals surface area contributed by atoms with Crippen molar-refractivity contribution < 1.29 is 13.6 Å². The lowest BCUT2D eigenvalue weighted by atomic mass is 9.74. The van der Waals surface area contributed by atoms with Crippen LogP contribution in [-0.2, 0) is 11.2 Å². The number of carbonyl (C=O) groups excluding carboxylic acids is 1. The summed E-state index contributed by atoms with van der Waals surface area (Å²) in [4.78, 5) is 12.2. The Bertz CT molecular complexity index is 460. The third-order valence-corrected chi connectivity index (χ3v) is 4.01. The molecule has 2 rings (SSSR count). The zero-order chi connectivity index (χ0) is 14.0. The van der Waals surface area contributed by atoms with Crippen molar-refractivity contribution in [2.24, 2.45) is 17.8 Å². The molecule has 104 valence electrons. The first kappa shape index (κ1) is 14.2. The van der Waals surface area contributed by atoms with Gasteiger partial charge in [-0.1, -0.05) is 19.9 Å². The quantitative estimate of drug-likeness (QED) is 0.803. The Morgan fingerprint density at radius 1 is 1.16 bits per heavy atom. The van der Waals surface area contributed by atoms with Crippen molar-refractivity contribution in [3.05, 3.63) is 35.4 Å². The maximum absolute atomic E-state index is 13.5. The Morgan fingerprint density at radius 3 is 2.37 bits per heavy atom. The van der Waals surface area contributed by atoms with E-state index in [4.69, 9.17) is 0 Å². The summed E-state index contributed by atoms with van der Waals surface area (Å²) in [6.45, 7) is 4.32. The molecule has 0 heterocycles. The van der Waals surface area contributed by atoms with E-state index in [1.54, 1.807) is 0 Å². The van der Waals surface area contributed by atoms with E-state index < -0.39 is 11.6 Å². The molecule has 1 nitrogen and oxygen atoms in total. The van der Waals surface area contributed by atoms with Crippen molar-refractivity contribution in [2.45, 2.75) is 39.5 Å². The van der Waals surface area contributed by atoms with Gasteiger partial charge in [-0.05, 0) is 42.7 Å². The molecule has 19 heavy (non-hydrogen) atoms. The highest BCUT2D eigenvalue weighted by atomic mass is 19.1. The molecule has 2 unspecified atom stereocenters. The second kappa shape index (κ2) is 5.81. The van der Waals surface area contributed by atoms with Crippen molar-refractivity contribution in [3.8, 4) is 0 Å². The lowest BCUT2D eigenvalue weighted by Crippen LogP contribution is -2.27. The van der Waals surface area contributed by atoms with Gasteiger partial charge in [0.25, 0.3) is 0 Å². The van der Waals surface area contributed by atoms with E-state index in [2.05, 4.69) is 13.8 Å². The van der Waals surface area contributed by atoms with E-state index in [0.29, 0.717) is 17.4 Å². The molecule has 1 aliphatic carbocycles. The van der Waals surface area contributed by atoms with E-state index in [1.807, 2.05) is 0 Å². The zero-order valence-corrected chi connectivity index (χ0v) is 11.5. The Kier molecular flexibility index (Phi) is 4.33. The predicted molar refractivity (Wildman–Crippen MR) is 70.7 cm³/mol. The van der Waals surface area contributed by atoms with Crippen molar-refractivity contribution >= 4 is 5.78 Å². The first-order valence-electron chi connectivity index (χ1n) is 6.92. The molecule has 0 aliphatic heterocycles. The molecule has 1 aromatic rings. The van der Waals surface area contributed by atoms with Gasteiger partial charge in [-0.25, -0.2) is 8.78 Å². The van der Waals surface area contributed by atoms with Gasteiger partial charge in [0.15, 0.2) is 0 Å². The Morgan fingerprint density at radius 2 is 1.79 bits per heavy atom. The molecular weight excluding hydrogens is 246 g/mol. The van der Waals surface area contributed by atoms with Gasteiger partial charge < -0.3 is 0 Å². The standard InChI is InChI=1S/C16H20F2O/c1-10-5-11(2)7-13(6-10)16(19)8-12-3-4-14(17)9-15(12)18/h3-4,9-11,13H,5-8H2,1-2H3. The van der Waals surface area contributed by atoms with Crippen LogP contribution in [0.5, 0.6) is 0 Å². The van der Waals surface area contributed by atoms with E-state index in [9.17, 15) is 13.6 Å². The maximum Gasteiger partial charge on any atom is 0.140 e. The summed E-state index contributed by atoms with van der Waals surface area (Å²) in [5, 5.41) is 0. The molecule has 0 spiro atoms. The molecule has 0 aromatic heterocycles. The normalized spacial score (nSPS) is 27.3. The number of Topliss-reactive ketones (excluding diaryl/α,β-unsaturated/α-hetero) is 1. The highest BCUT2D eigenvalue weighted by Crippen LogP contribution is 2.34. The summed E-state index contributed by atoms with van der Waals surface area (Å²) in [6, 6.07) is 3.42. The molecule has 1 aliphatic rings. The zero-order valence-electron chi connectivity index (χ0n) is 11.5. The van der Waals surface area contributed by atoms with Gasteiger partial charge in [0, 0.05) is 18.4 Å². The van der Waals surface area contributed by atoms with Crippen LogP contribution in [0, 0.1) is 29.4 Å². The second-order valence-electron chi connectivity index (χ2n) is 5.99. The van der Waals surface area contributed by atoms with Gasteiger partial charge in [-0.2, -0.15) is 0 Å². The summed E-state index contributed by atoms with van der Waals surface area (Å²) in [6.07, 6.45) is 3.03. The number of carbonyl (C=O) groups is 1. The molecule has 0 saturated heterocycles. The molecule has 1 aromatic carbocycles. The van der Waals surface area contributed by atoms with E-state index in [1.165, 1.54) is 12.1 Å².